The molecule has 0 N–H and O–H groups in total. The Balaban J connectivity index is 1.62. The van der Waals surface area contributed by atoms with E-state index in [2.05, 4.69) is 0 Å². The molecule has 0 aliphatic rings. The highest BCUT2D eigenvalue weighted by atomic mass is 32.1. The molecule has 0 aliphatic heterocycles. The molecule has 3 aromatic carbocycles. The van der Waals surface area contributed by atoms with Gasteiger partial charge in [0.25, 0.3) is 0 Å². The molecule has 0 saturated heterocycles. The lowest BCUT2D eigenvalue weighted by molar-refractivity contribution is -0.162. The maximum absolute atomic E-state index is 13.0. The van der Waals surface area contributed by atoms with E-state index >= 15 is 0 Å². The fourth-order valence-corrected chi connectivity index (χ4v) is 4.06. The molecule has 0 spiro atoms. The van der Waals surface area contributed by atoms with E-state index in [1.165, 1.54) is 0 Å². The maximum Gasteiger partial charge on any atom is 0.341 e. The zero-order valence-electron chi connectivity index (χ0n) is 16.5. The molecule has 31 heavy (non-hydrogen) atoms. The first-order valence-electron chi connectivity index (χ1n) is 9.64. The SMILES string of the molecule is O=C(OCc1ccccc1)C(C(=O)OCc1ccccc1)n1c(=O)sc2ccccc21. The number of rotatable bonds is 7. The van der Waals surface area contributed by atoms with Crippen molar-refractivity contribution in [3.05, 3.63) is 106 Å². The summed E-state index contributed by atoms with van der Waals surface area (Å²) in [5, 5.41) is 0. The Morgan fingerprint density at radius 2 is 1.23 bits per heavy atom. The third-order valence-corrected chi connectivity index (χ3v) is 5.61. The van der Waals surface area contributed by atoms with Crippen LogP contribution in [-0.2, 0) is 32.3 Å². The van der Waals surface area contributed by atoms with Gasteiger partial charge in [-0.15, -0.1) is 0 Å². The largest absolute Gasteiger partial charge is 0.459 e. The van der Waals surface area contributed by atoms with Gasteiger partial charge in [0.1, 0.15) is 13.2 Å². The topological polar surface area (TPSA) is 74.6 Å². The van der Waals surface area contributed by atoms with Crippen LogP contribution in [0.4, 0.5) is 0 Å². The lowest BCUT2D eigenvalue weighted by Crippen LogP contribution is -2.35. The summed E-state index contributed by atoms with van der Waals surface area (Å²) in [4.78, 5) is 38.2. The highest BCUT2D eigenvalue weighted by molar-refractivity contribution is 7.16. The number of fused-ring (bicyclic) bond motifs is 1. The Bertz CT molecular complexity index is 1190. The van der Waals surface area contributed by atoms with Crippen LogP contribution in [0.2, 0.25) is 0 Å². The summed E-state index contributed by atoms with van der Waals surface area (Å²) < 4.78 is 12.6. The van der Waals surface area contributed by atoms with Crippen molar-refractivity contribution in [2.45, 2.75) is 19.3 Å². The Kier molecular flexibility index (Phi) is 6.24. The summed E-state index contributed by atoms with van der Waals surface area (Å²) in [6.45, 7) is -0.0298. The minimum Gasteiger partial charge on any atom is -0.459 e. The molecule has 0 atom stereocenters. The second-order valence-electron chi connectivity index (χ2n) is 6.79. The number of hydrogen-bond donors (Lipinski definition) is 0. The number of ether oxygens (including phenoxy) is 2. The van der Waals surface area contributed by atoms with Gasteiger partial charge in [-0.05, 0) is 23.3 Å². The number of nitrogens with zero attached hydrogens (tertiary/aromatic N) is 1. The summed E-state index contributed by atoms with van der Waals surface area (Å²) in [6, 6.07) is 23.7. The number of thiazole rings is 1. The summed E-state index contributed by atoms with van der Waals surface area (Å²) in [5.74, 6) is -1.68. The van der Waals surface area contributed by atoms with Gasteiger partial charge in [0, 0.05) is 0 Å². The molecule has 0 bridgehead atoms. The predicted molar refractivity (Wildman–Crippen MR) is 118 cm³/mol. The number of benzene rings is 3. The standard InChI is InChI=1S/C24H19NO5S/c26-22(29-15-17-9-3-1-4-10-17)21(23(27)30-16-18-11-5-2-6-12-18)25-19-13-7-8-14-20(19)31-24(25)28/h1-14,21H,15-16H2. The number of carbonyl (C=O) groups excluding carboxylic acids is 2. The van der Waals surface area contributed by atoms with Gasteiger partial charge in [-0.2, -0.15) is 0 Å². The smallest absolute Gasteiger partial charge is 0.341 e. The minimum atomic E-state index is -1.53. The highest BCUT2D eigenvalue weighted by Crippen LogP contribution is 2.23. The third-order valence-electron chi connectivity index (χ3n) is 4.67. The van der Waals surface area contributed by atoms with Gasteiger partial charge in [0.15, 0.2) is 0 Å². The van der Waals surface area contributed by atoms with Crippen LogP contribution < -0.4 is 4.87 Å². The van der Waals surface area contributed by atoms with E-state index in [-0.39, 0.29) is 13.2 Å². The average molecular weight is 433 g/mol. The lowest BCUT2D eigenvalue weighted by Gasteiger charge is -2.17. The van der Waals surface area contributed by atoms with Crippen molar-refractivity contribution in [2.24, 2.45) is 0 Å². The van der Waals surface area contributed by atoms with Gasteiger partial charge in [-0.3, -0.25) is 9.36 Å². The summed E-state index contributed by atoms with van der Waals surface area (Å²) in [5.41, 5.74) is 2.03. The second-order valence-corrected chi connectivity index (χ2v) is 7.79. The Hall–Kier alpha value is -3.71. The monoisotopic (exact) mass is 433 g/mol. The second kappa shape index (κ2) is 9.40. The maximum atomic E-state index is 13.0. The van der Waals surface area contributed by atoms with Crippen LogP contribution in [0.5, 0.6) is 0 Å². The average Bonchev–Trinajstić information content (AvgIpc) is 3.13. The first-order chi connectivity index (χ1) is 15.1. The Morgan fingerprint density at radius 1 is 0.742 bits per heavy atom. The van der Waals surface area contributed by atoms with Gasteiger partial charge in [0.2, 0.25) is 6.04 Å². The van der Waals surface area contributed by atoms with Gasteiger partial charge in [0.05, 0.1) is 10.2 Å². The zero-order valence-corrected chi connectivity index (χ0v) is 17.3. The quantitative estimate of drug-likeness (QED) is 0.324. The fourth-order valence-electron chi connectivity index (χ4n) is 3.15. The van der Waals surface area contributed by atoms with Crippen LogP contribution in [0, 0.1) is 0 Å². The van der Waals surface area contributed by atoms with Gasteiger partial charge < -0.3 is 9.47 Å². The molecule has 4 aromatic rings. The number of carbonyl (C=O) groups is 2. The molecule has 7 heteroatoms. The molecule has 0 unspecified atom stereocenters. The van der Waals surface area contributed by atoms with E-state index in [0.717, 1.165) is 27.0 Å². The van der Waals surface area contributed by atoms with Gasteiger partial charge in [-0.1, -0.05) is 84.1 Å². The molecule has 156 valence electrons. The van der Waals surface area contributed by atoms with Crippen LogP contribution in [-0.4, -0.2) is 16.5 Å². The van der Waals surface area contributed by atoms with E-state index in [9.17, 15) is 14.4 Å². The Labute approximate surface area is 182 Å². The van der Waals surface area contributed by atoms with Crippen molar-refractivity contribution in [3.63, 3.8) is 0 Å². The first-order valence-corrected chi connectivity index (χ1v) is 10.5. The summed E-state index contributed by atoms with van der Waals surface area (Å²) >= 11 is 0.963. The third kappa shape index (κ3) is 4.73. The van der Waals surface area contributed by atoms with Crippen molar-refractivity contribution in [1.82, 2.24) is 4.57 Å². The summed E-state index contributed by atoms with van der Waals surface area (Å²) in [7, 11) is 0. The van der Waals surface area contributed by atoms with Crippen LogP contribution in [0.1, 0.15) is 17.2 Å². The van der Waals surface area contributed by atoms with Crippen molar-refractivity contribution in [1.29, 1.82) is 0 Å². The van der Waals surface area contributed by atoms with Crippen molar-refractivity contribution < 1.29 is 19.1 Å². The van der Waals surface area contributed by atoms with Crippen molar-refractivity contribution in [2.75, 3.05) is 0 Å². The van der Waals surface area contributed by atoms with E-state index < -0.39 is 22.9 Å². The molecule has 0 fully saturated rings. The molecule has 6 nitrogen and oxygen atoms in total. The molecule has 1 heterocycles. The fraction of sp³-hybridized carbons (Fsp3) is 0.125. The number of esters is 2. The zero-order chi connectivity index (χ0) is 21.6. The van der Waals surface area contributed by atoms with E-state index in [0.29, 0.717) is 10.2 Å². The molecule has 0 saturated carbocycles. The molecular weight excluding hydrogens is 414 g/mol. The van der Waals surface area contributed by atoms with E-state index in [1.807, 2.05) is 60.7 Å². The number of aromatic nitrogens is 1. The van der Waals surface area contributed by atoms with E-state index in [4.69, 9.17) is 9.47 Å². The molecular formula is C24H19NO5S. The van der Waals surface area contributed by atoms with Crippen LogP contribution in [0.3, 0.4) is 0 Å². The lowest BCUT2D eigenvalue weighted by atomic mass is 10.2. The normalized spacial score (nSPS) is 10.9. The van der Waals surface area contributed by atoms with Gasteiger partial charge in [-0.25, -0.2) is 9.59 Å². The minimum absolute atomic E-state index is 0.0149. The molecule has 0 amide bonds. The molecule has 4 rings (SSSR count). The van der Waals surface area contributed by atoms with Crippen LogP contribution >= 0.6 is 11.3 Å². The molecule has 0 radical (unpaired) electrons. The molecule has 0 aliphatic carbocycles. The van der Waals surface area contributed by atoms with Crippen LogP contribution in [0.25, 0.3) is 10.2 Å². The number of hydrogen-bond acceptors (Lipinski definition) is 6. The first kappa shape index (κ1) is 20.6. The van der Waals surface area contributed by atoms with Crippen molar-refractivity contribution >= 4 is 33.5 Å². The number of para-hydroxylation sites is 1. The summed E-state index contributed by atoms with van der Waals surface area (Å²) in [6.07, 6.45) is 0. The Morgan fingerprint density at radius 3 is 1.77 bits per heavy atom. The molecule has 1 aromatic heterocycles. The van der Waals surface area contributed by atoms with Gasteiger partial charge >= 0.3 is 16.8 Å². The highest BCUT2D eigenvalue weighted by Gasteiger charge is 2.34. The predicted octanol–water partition coefficient (Wildman–Crippen LogP) is 4.09. The van der Waals surface area contributed by atoms with Crippen LogP contribution in [0.15, 0.2) is 89.7 Å². The van der Waals surface area contributed by atoms with E-state index in [1.54, 1.807) is 24.3 Å². The van der Waals surface area contributed by atoms with Crippen molar-refractivity contribution in [3.8, 4) is 0 Å².